The Balaban J connectivity index is 2.45. The first-order valence-corrected chi connectivity index (χ1v) is 6.59. The van der Waals surface area contributed by atoms with Crippen LogP contribution in [0.3, 0.4) is 0 Å². The summed E-state index contributed by atoms with van der Waals surface area (Å²) < 4.78 is 10.5. The van der Waals surface area contributed by atoms with Crippen LogP contribution in [0.4, 0.5) is 0 Å². The molecule has 1 saturated carbocycles. The largest absolute Gasteiger partial charge is 0.383 e. The van der Waals surface area contributed by atoms with Gasteiger partial charge >= 0.3 is 0 Å². The highest BCUT2D eigenvalue weighted by molar-refractivity contribution is 6.18. The maximum Gasteiger partial charge on any atom is 0.225 e. The van der Waals surface area contributed by atoms with Gasteiger partial charge in [0.15, 0.2) is 0 Å². The number of nitrogens with zero attached hydrogens (tertiary/aromatic N) is 1. The summed E-state index contributed by atoms with van der Waals surface area (Å²) in [7, 11) is 3.32. The van der Waals surface area contributed by atoms with Gasteiger partial charge in [-0.3, -0.25) is 4.79 Å². The molecule has 1 amide bonds. The van der Waals surface area contributed by atoms with E-state index < -0.39 is 0 Å². The molecule has 0 spiro atoms. The van der Waals surface area contributed by atoms with Crippen molar-refractivity contribution in [2.75, 3.05) is 39.8 Å². The first-order valence-electron chi connectivity index (χ1n) is 6.05. The zero-order chi connectivity index (χ0) is 12.7. The van der Waals surface area contributed by atoms with E-state index in [-0.39, 0.29) is 11.5 Å². The summed E-state index contributed by atoms with van der Waals surface area (Å²) >= 11 is 5.71. The molecular formula is C12H22ClNO3. The van der Waals surface area contributed by atoms with Crippen molar-refractivity contribution in [2.24, 2.45) is 0 Å². The van der Waals surface area contributed by atoms with E-state index in [1.165, 1.54) is 0 Å². The van der Waals surface area contributed by atoms with Crippen LogP contribution in [-0.2, 0) is 14.3 Å². The molecule has 0 radical (unpaired) electrons. The van der Waals surface area contributed by atoms with Crippen LogP contribution in [0.15, 0.2) is 0 Å². The van der Waals surface area contributed by atoms with Crippen molar-refractivity contribution >= 4 is 17.5 Å². The molecule has 17 heavy (non-hydrogen) atoms. The molecule has 0 aromatic rings. The summed E-state index contributed by atoms with van der Waals surface area (Å²) in [6.45, 7) is 1.72. The summed E-state index contributed by atoms with van der Waals surface area (Å²) in [6.07, 6.45) is 3.57. The molecule has 0 saturated heterocycles. The third-order valence-electron chi connectivity index (χ3n) is 3.44. The lowest BCUT2D eigenvalue weighted by Crippen LogP contribution is -2.46. The van der Waals surface area contributed by atoms with Crippen LogP contribution < -0.4 is 0 Å². The van der Waals surface area contributed by atoms with Crippen molar-refractivity contribution in [3.63, 3.8) is 0 Å². The summed E-state index contributed by atoms with van der Waals surface area (Å²) in [6, 6.07) is 0. The van der Waals surface area contributed by atoms with Gasteiger partial charge < -0.3 is 14.4 Å². The van der Waals surface area contributed by atoms with E-state index in [4.69, 9.17) is 21.1 Å². The topological polar surface area (TPSA) is 38.8 Å². The van der Waals surface area contributed by atoms with E-state index in [1.54, 1.807) is 19.1 Å². The molecule has 0 unspecified atom stereocenters. The summed E-state index contributed by atoms with van der Waals surface area (Å²) in [4.78, 5) is 13.9. The average molecular weight is 264 g/mol. The molecule has 100 valence electrons. The highest BCUT2D eigenvalue weighted by atomic mass is 35.5. The second-order valence-electron chi connectivity index (χ2n) is 4.48. The van der Waals surface area contributed by atoms with E-state index in [0.29, 0.717) is 32.0 Å². The minimum absolute atomic E-state index is 0.115. The standard InChI is InChI=1S/C12H22ClNO3/c1-16-9-8-14(7-6-13)11(15)10-12(17-2)4-3-5-12/h3-10H2,1-2H3. The number of hydrogen-bond donors (Lipinski definition) is 0. The van der Waals surface area contributed by atoms with Crippen molar-refractivity contribution in [3.05, 3.63) is 0 Å². The lowest BCUT2D eigenvalue weighted by molar-refractivity contribution is -0.144. The number of carbonyl (C=O) groups is 1. The van der Waals surface area contributed by atoms with Gasteiger partial charge in [0.2, 0.25) is 5.91 Å². The molecule has 4 nitrogen and oxygen atoms in total. The Morgan fingerprint density at radius 3 is 2.47 bits per heavy atom. The third-order valence-corrected chi connectivity index (χ3v) is 3.61. The highest BCUT2D eigenvalue weighted by Crippen LogP contribution is 2.38. The Labute approximate surface area is 108 Å². The van der Waals surface area contributed by atoms with Crippen molar-refractivity contribution in [1.82, 2.24) is 4.90 Å². The van der Waals surface area contributed by atoms with Crippen LogP contribution in [0.1, 0.15) is 25.7 Å². The van der Waals surface area contributed by atoms with Crippen molar-refractivity contribution in [2.45, 2.75) is 31.3 Å². The molecule has 0 bridgehead atoms. The maximum absolute atomic E-state index is 12.1. The SMILES string of the molecule is COCCN(CCCl)C(=O)CC1(OC)CCC1. The van der Waals surface area contributed by atoms with Crippen LogP contribution in [0, 0.1) is 0 Å². The van der Waals surface area contributed by atoms with Gasteiger partial charge in [-0.1, -0.05) is 0 Å². The Morgan fingerprint density at radius 2 is 2.06 bits per heavy atom. The van der Waals surface area contributed by atoms with Gasteiger partial charge in [0, 0.05) is 33.2 Å². The monoisotopic (exact) mass is 263 g/mol. The predicted octanol–water partition coefficient (Wildman–Crippen LogP) is 1.66. The lowest BCUT2D eigenvalue weighted by Gasteiger charge is -2.41. The molecule has 0 aromatic heterocycles. The number of alkyl halides is 1. The predicted molar refractivity (Wildman–Crippen MR) is 67.4 cm³/mol. The first-order chi connectivity index (χ1) is 8.17. The Bertz CT molecular complexity index is 238. The van der Waals surface area contributed by atoms with E-state index >= 15 is 0 Å². The normalized spacial score (nSPS) is 17.6. The second-order valence-corrected chi connectivity index (χ2v) is 4.86. The van der Waals surface area contributed by atoms with Gasteiger partial charge in [-0.25, -0.2) is 0 Å². The van der Waals surface area contributed by atoms with Crippen molar-refractivity contribution in [3.8, 4) is 0 Å². The Morgan fingerprint density at radius 1 is 1.35 bits per heavy atom. The maximum atomic E-state index is 12.1. The molecule has 0 aromatic carbocycles. The van der Waals surface area contributed by atoms with Gasteiger partial charge in [-0.05, 0) is 19.3 Å². The van der Waals surface area contributed by atoms with Crippen molar-refractivity contribution in [1.29, 1.82) is 0 Å². The van der Waals surface area contributed by atoms with Gasteiger partial charge in [0.25, 0.3) is 0 Å². The molecule has 0 atom stereocenters. The van der Waals surface area contributed by atoms with E-state index in [9.17, 15) is 4.79 Å². The summed E-state index contributed by atoms with van der Waals surface area (Å²) in [5.41, 5.74) is -0.214. The van der Waals surface area contributed by atoms with Crippen LogP contribution >= 0.6 is 11.6 Å². The third kappa shape index (κ3) is 4.12. The second kappa shape index (κ2) is 7.19. The number of ether oxygens (including phenoxy) is 2. The highest BCUT2D eigenvalue weighted by Gasteiger charge is 2.39. The van der Waals surface area contributed by atoms with Gasteiger partial charge in [-0.15, -0.1) is 11.6 Å². The molecule has 1 fully saturated rings. The summed E-state index contributed by atoms with van der Waals surface area (Å²) in [5, 5.41) is 0. The van der Waals surface area contributed by atoms with Crippen molar-refractivity contribution < 1.29 is 14.3 Å². The fraction of sp³-hybridized carbons (Fsp3) is 0.917. The number of carbonyl (C=O) groups excluding carboxylic acids is 1. The summed E-state index contributed by atoms with van der Waals surface area (Å²) in [5.74, 6) is 0.569. The van der Waals surface area contributed by atoms with E-state index in [0.717, 1.165) is 19.3 Å². The molecule has 0 aliphatic heterocycles. The van der Waals surface area contributed by atoms with Gasteiger partial charge in [-0.2, -0.15) is 0 Å². The van der Waals surface area contributed by atoms with Crippen LogP contribution in [0.2, 0.25) is 0 Å². The minimum atomic E-state index is -0.214. The quantitative estimate of drug-likeness (QED) is 0.625. The minimum Gasteiger partial charge on any atom is -0.383 e. The van der Waals surface area contributed by atoms with Crippen LogP contribution in [0.5, 0.6) is 0 Å². The number of methoxy groups -OCH3 is 2. The smallest absolute Gasteiger partial charge is 0.225 e. The Hall–Kier alpha value is -0.320. The zero-order valence-corrected chi connectivity index (χ0v) is 11.5. The molecule has 5 heteroatoms. The number of halogens is 1. The molecule has 1 aliphatic rings. The molecule has 1 rings (SSSR count). The van der Waals surface area contributed by atoms with E-state index in [2.05, 4.69) is 0 Å². The zero-order valence-electron chi connectivity index (χ0n) is 10.7. The molecule has 0 N–H and O–H groups in total. The first kappa shape index (κ1) is 14.7. The number of hydrogen-bond acceptors (Lipinski definition) is 3. The molecule has 1 aliphatic carbocycles. The fourth-order valence-electron chi connectivity index (χ4n) is 2.08. The molecule has 0 heterocycles. The lowest BCUT2D eigenvalue weighted by atomic mass is 9.77. The number of amides is 1. The Kier molecular flexibility index (Phi) is 6.23. The van der Waals surface area contributed by atoms with Crippen LogP contribution in [0.25, 0.3) is 0 Å². The molecular weight excluding hydrogens is 242 g/mol. The van der Waals surface area contributed by atoms with Gasteiger partial charge in [0.1, 0.15) is 0 Å². The van der Waals surface area contributed by atoms with Crippen LogP contribution in [-0.4, -0.2) is 56.2 Å². The van der Waals surface area contributed by atoms with E-state index in [1.807, 2.05) is 0 Å². The average Bonchev–Trinajstić information content (AvgIpc) is 2.29. The fourth-order valence-corrected chi connectivity index (χ4v) is 2.28. The number of rotatable bonds is 8. The van der Waals surface area contributed by atoms with Gasteiger partial charge in [0.05, 0.1) is 18.6 Å².